The number of nitrogens with zero attached hydrogens (tertiary/aromatic N) is 2. The Bertz CT molecular complexity index is 716. The fourth-order valence-corrected chi connectivity index (χ4v) is 2.76. The zero-order valence-corrected chi connectivity index (χ0v) is 12.3. The molecule has 0 saturated carbocycles. The zero-order valence-electron chi connectivity index (χ0n) is 10.7. The summed E-state index contributed by atoms with van der Waals surface area (Å²) in [6.07, 6.45) is 1.79. The Hall–Kier alpha value is -1.59. The summed E-state index contributed by atoms with van der Waals surface area (Å²) in [5.41, 5.74) is 1.94. The number of rotatable bonds is 3. The molecule has 0 bridgehead atoms. The molecule has 0 radical (unpaired) electrons. The lowest BCUT2D eigenvalue weighted by molar-refractivity contribution is 0.472. The van der Waals surface area contributed by atoms with E-state index in [0.29, 0.717) is 0 Å². The van der Waals surface area contributed by atoms with Crippen LogP contribution in [0.2, 0.25) is 0 Å². The van der Waals surface area contributed by atoms with Crippen LogP contribution < -0.4 is 5.32 Å². The van der Waals surface area contributed by atoms with Crippen molar-refractivity contribution in [3.05, 3.63) is 52.5 Å². The van der Waals surface area contributed by atoms with Gasteiger partial charge in [0, 0.05) is 18.6 Å². The molecule has 2 heterocycles. The Morgan fingerprint density at radius 3 is 2.84 bits per heavy atom. The minimum Gasteiger partial charge on any atom is -0.458 e. The Labute approximate surface area is 119 Å². The van der Waals surface area contributed by atoms with E-state index in [2.05, 4.69) is 32.4 Å². The molecule has 0 aliphatic rings. The van der Waals surface area contributed by atoms with Gasteiger partial charge in [-0.2, -0.15) is 5.10 Å². The summed E-state index contributed by atoms with van der Waals surface area (Å²) in [7, 11) is 3.85. The number of hydrogen-bond donors (Lipinski definition) is 1. The van der Waals surface area contributed by atoms with Crippen molar-refractivity contribution in [3.8, 4) is 0 Å². The van der Waals surface area contributed by atoms with Crippen molar-refractivity contribution in [2.75, 3.05) is 7.05 Å². The Morgan fingerprint density at radius 2 is 2.21 bits per heavy atom. The standard InChI is InChI=1S/C14H14BrN3O/c1-16-13(11-6-7-17-18(11)2)12-8-9-4-3-5-10(15)14(9)19-12/h3-8,13,16H,1-2H3. The van der Waals surface area contributed by atoms with Gasteiger partial charge in [0.25, 0.3) is 0 Å². The average Bonchev–Trinajstić information content (AvgIpc) is 2.99. The van der Waals surface area contributed by atoms with Crippen LogP contribution in [0.3, 0.4) is 0 Å². The van der Waals surface area contributed by atoms with E-state index in [0.717, 1.165) is 26.9 Å². The predicted octanol–water partition coefficient (Wildman–Crippen LogP) is 3.24. The Morgan fingerprint density at radius 1 is 1.37 bits per heavy atom. The summed E-state index contributed by atoms with van der Waals surface area (Å²) in [6, 6.07) is 10.1. The van der Waals surface area contributed by atoms with Gasteiger partial charge >= 0.3 is 0 Å². The molecular formula is C14H14BrN3O. The van der Waals surface area contributed by atoms with Crippen LogP contribution in [-0.2, 0) is 7.05 Å². The second kappa shape index (κ2) is 4.83. The summed E-state index contributed by atoms with van der Waals surface area (Å²) in [5, 5.41) is 8.57. The number of halogens is 1. The van der Waals surface area contributed by atoms with Gasteiger partial charge in [-0.15, -0.1) is 0 Å². The molecular weight excluding hydrogens is 306 g/mol. The highest BCUT2D eigenvalue weighted by Gasteiger charge is 2.20. The third-order valence-corrected chi connectivity index (χ3v) is 3.87. The topological polar surface area (TPSA) is 43.0 Å². The smallest absolute Gasteiger partial charge is 0.148 e. The molecule has 0 spiro atoms. The van der Waals surface area contributed by atoms with Gasteiger partial charge in [-0.3, -0.25) is 4.68 Å². The van der Waals surface area contributed by atoms with Crippen molar-refractivity contribution in [1.29, 1.82) is 0 Å². The maximum atomic E-state index is 5.98. The van der Waals surface area contributed by atoms with Gasteiger partial charge in [-0.25, -0.2) is 0 Å². The van der Waals surface area contributed by atoms with Gasteiger partial charge < -0.3 is 9.73 Å². The van der Waals surface area contributed by atoms with E-state index in [1.54, 1.807) is 6.20 Å². The minimum absolute atomic E-state index is 0.00759. The van der Waals surface area contributed by atoms with E-state index in [1.807, 2.05) is 43.0 Å². The maximum absolute atomic E-state index is 5.98. The number of aromatic nitrogens is 2. The van der Waals surface area contributed by atoms with Crippen LogP contribution in [-0.4, -0.2) is 16.8 Å². The summed E-state index contributed by atoms with van der Waals surface area (Å²) < 4.78 is 8.80. The van der Waals surface area contributed by atoms with E-state index in [4.69, 9.17) is 4.42 Å². The molecule has 2 aromatic heterocycles. The molecule has 0 aliphatic carbocycles. The lowest BCUT2D eigenvalue weighted by Crippen LogP contribution is -2.20. The van der Waals surface area contributed by atoms with Gasteiger partial charge in [-0.05, 0) is 41.2 Å². The predicted molar refractivity (Wildman–Crippen MR) is 78.0 cm³/mol. The lowest BCUT2D eigenvalue weighted by atomic mass is 10.1. The molecule has 3 aromatic rings. The minimum atomic E-state index is -0.00759. The number of nitrogens with one attached hydrogen (secondary N) is 1. The summed E-state index contributed by atoms with van der Waals surface area (Å²) in [6.45, 7) is 0. The van der Waals surface area contributed by atoms with Gasteiger partial charge in [0.15, 0.2) is 0 Å². The van der Waals surface area contributed by atoms with Crippen molar-refractivity contribution < 1.29 is 4.42 Å². The SMILES string of the molecule is CNC(c1cc2cccc(Br)c2o1)c1ccnn1C. The van der Waals surface area contributed by atoms with Crippen molar-refractivity contribution in [2.45, 2.75) is 6.04 Å². The van der Waals surface area contributed by atoms with Crippen molar-refractivity contribution in [2.24, 2.45) is 7.05 Å². The van der Waals surface area contributed by atoms with E-state index >= 15 is 0 Å². The lowest BCUT2D eigenvalue weighted by Gasteiger charge is -2.13. The van der Waals surface area contributed by atoms with Crippen LogP contribution in [0.5, 0.6) is 0 Å². The molecule has 1 N–H and O–H groups in total. The first-order valence-corrected chi connectivity index (χ1v) is 6.83. The second-order valence-electron chi connectivity index (χ2n) is 4.41. The highest BCUT2D eigenvalue weighted by atomic mass is 79.9. The van der Waals surface area contributed by atoms with Crippen LogP contribution in [0.25, 0.3) is 11.0 Å². The number of benzene rings is 1. The first kappa shape index (κ1) is 12.4. The van der Waals surface area contributed by atoms with Crippen LogP contribution in [0, 0.1) is 0 Å². The summed E-state index contributed by atoms with van der Waals surface area (Å²) >= 11 is 3.51. The molecule has 19 heavy (non-hydrogen) atoms. The molecule has 1 unspecified atom stereocenters. The monoisotopic (exact) mass is 319 g/mol. The second-order valence-corrected chi connectivity index (χ2v) is 5.26. The Kier molecular flexibility index (Phi) is 3.16. The first-order valence-electron chi connectivity index (χ1n) is 6.04. The highest BCUT2D eigenvalue weighted by molar-refractivity contribution is 9.10. The fourth-order valence-electron chi connectivity index (χ4n) is 2.29. The molecule has 98 valence electrons. The molecule has 0 aliphatic heterocycles. The van der Waals surface area contributed by atoms with E-state index < -0.39 is 0 Å². The van der Waals surface area contributed by atoms with Crippen molar-refractivity contribution in [1.82, 2.24) is 15.1 Å². The maximum Gasteiger partial charge on any atom is 0.148 e. The van der Waals surface area contributed by atoms with Gasteiger partial charge in [-0.1, -0.05) is 12.1 Å². The first-order chi connectivity index (χ1) is 9.20. The highest BCUT2D eigenvalue weighted by Crippen LogP contribution is 2.31. The molecule has 0 fully saturated rings. The third kappa shape index (κ3) is 2.09. The van der Waals surface area contributed by atoms with Gasteiger partial charge in [0.05, 0.1) is 10.2 Å². The van der Waals surface area contributed by atoms with Crippen LogP contribution in [0.4, 0.5) is 0 Å². The van der Waals surface area contributed by atoms with Crippen molar-refractivity contribution in [3.63, 3.8) is 0 Å². The normalized spacial score (nSPS) is 13.0. The van der Waals surface area contributed by atoms with E-state index in [1.165, 1.54) is 0 Å². The van der Waals surface area contributed by atoms with Crippen LogP contribution >= 0.6 is 15.9 Å². The Balaban J connectivity index is 2.12. The molecule has 3 rings (SSSR count). The largest absolute Gasteiger partial charge is 0.458 e. The molecule has 1 aromatic carbocycles. The number of para-hydroxylation sites is 1. The summed E-state index contributed by atoms with van der Waals surface area (Å²) in [5.74, 6) is 0.882. The van der Waals surface area contributed by atoms with Gasteiger partial charge in [0.1, 0.15) is 17.4 Å². The number of aryl methyl sites for hydroxylation is 1. The number of fused-ring (bicyclic) bond motifs is 1. The van der Waals surface area contributed by atoms with E-state index in [9.17, 15) is 0 Å². The third-order valence-electron chi connectivity index (χ3n) is 3.24. The quantitative estimate of drug-likeness (QED) is 0.806. The van der Waals surface area contributed by atoms with E-state index in [-0.39, 0.29) is 6.04 Å². The van der Waals surface area contributed by atoms with Crippen LogP contribution in [0.1, 0.15) is 17.5 Å². The molecule has 5 heteroatoms. The molecule has 1 atom stereocenters. The number of furan rings is 1. The average molecular weight is 320 g/mol. The fraction of sp³-hybridized carbons (Fsp3) is 0.214. The molecule has 0 saturated heterocycles. The molecule has 0 amide bonds. The van der Waals surface area contributed by atoms with Gasteiger partial charge in [0.2, 0.25) is 0 Å². The van der Waals surface area contributed by atoms with Crippen LogP contribution in [0.15, 0.2) is 45.4 Å². The summed E-state index contributed by atoms with van der Waals surface area (Å²) in [4.78, 5) is 0. The molecule has 4 nitrogen and oxygen atoms in total. The van der Waals surface area contributed by atoms with Crippen molar-refractivity contribution >= 4 is 26.9 Å². The zero-order chi connectivity index (χ0) is 13.4. The number of hydrogen-bond acceptors (Lipinski definition) is 3.